The van der Waals surface area contributed by atoms with Gasteiger partial charge in [0, 0.05) is 0 Å². The summed E-state index contributed by atoms with van der Waals surface area (Å²) in [4.78, 5) is 0. The first-order valence-corrected chi connectivity index (χ1v) is 5.79. The van der Waals surface area contributed by atoms with Gasteiger partial charge in [-0.15, -0.1) is 35.9 Å². The topological polar surface area (TPSA) is 0 Å². The largest absolute Gasteiger partial charge is 1.00 e. The minimum Gasteiger partial charge on any atom is -0.147 e. The van der Waals surface area contributed by atoms with Gasteiger partial charge in [-0.1, -0.05) is 55.6 Å². The van der Waals surface area contributed by atoms with Crippen LogP contribution in [0.1, 0.15) is 0 Å². The Morgan fingerprint density at radius 1 is 0.867 bits per heavy atom. The van der Waals surface area contributed by atoms with E-state index in [0.717, 1.165) is 20.1 Å². The second kappa shape index (κ2) is 5.91. The standard InChI is InChI=1S/C12H7Br2.Li/c13-10-7-4-8-11(14)12(10)9-5-2-1-3-6-9;/h1-5,7-8H;/q-1;+1. The molecule has 0 nitrogen and oxygen atoms in total. The molecule has 0 saturated heterocycles. The Labute approximate surface area is 119 Å². The van der Waals surface area contributed by atoms with Crippen LogP contribution in [0.4, 0.5) is 0 Å². The molecule has 0 aliphatic heterocycles. The van der Waals surface area contributed by atoms with E-state index < -0.39 is 0 Å². The van der Waals surface area contributed by atoms with E-state index in [4.69, 9.17) is 0 Å². The zero-order valence-electron chi connectivity index (χ0n) is 8.30. The molecule has 2 aromatic carbocycles. The molecule has 2 aromatic rings. The number of rotatable bonds is 1. The first-order chi connectivity index (χ1) is 6.79. The Balaban J connectivity index is 0.00000112. The Bertz CT molecular complexity index is 420. The first-order valence-electron chi connectivity index (χ1n) is 4.20. The third-order valence-corrected chi connectivity index (χ3v) is 3.26. The van der Waals surface area contributed by atoms with E-state index in [1.807, 2.05) is 42.5 Å². The van der Waals surface area contributed by atoms with E-state index in [-0.39, 0.29) is 18.9 Å². The molecule has 15 heavy (non-hydrogen) atoms. The summed E-state index contributed by atoms with van der Waals surface area (Å²) < 4.78 is 2.16. The molecule has 0 atom stereocenters. The summed E-state index contributed by atoms with van der Waals surface area (Å²) in [7, 11) is 0. The summed E-state index contributed by atoms with van der Waals surface area (Å²) >= 11 is 7.07. The fourth-order valence-electron chi connectivity index (χ4n) is 1.30. The van der Waals surface area contributed by atoms with Crippen molar-refractivity contribution in [2.75, 3.05) is 0 Å². The van der Waals surface area contributed by atoms with Gasteiger partial charge in [0.05, 0.1) is 0 Å². The quantitative estimate of drug-likeness (QED) is 0.554. The monoisotopic (exact) mass is 316 g/mol. The molecular weight excluding hydrogens is 311 g/mol. The van der Waals surface area contributed by atoms with Gasteiger partial charge in [-0.3, -0.25) is 0 Å². The van der Waals surface area contributed by atoms with Gasteiger partial charge in [-0.25, -0.2) is 0 Å². The third-order valence-electron chi connectivity index (χ3n) is 1.94. The number of hydrogen-bond acceptors (Lipinski definition) is 0. The molecule has 0 radical (unpaired) electrons. The Hall–Kier alpha value is -0.00260. The maximum Gasteiger partial charge on any atom is 1.00 e. The maximum atomic E-state index is 3.53. The maximum absolute atomic E-state index is 3.53. The molecule has 0 saturated carbocycles. The molecule has 0 unspecified atom stereocenters. The van der Waals surface area contributed by atoms with Crippen LogP contribution in [0.3, 0.4) is 0 Å². The third kappa shape index (κ3) is 2.98. The van der Waals surface area contributed by atoms with Gasteiger partial charge in [0.15, 0.2) is 0 Å². The van der Waals surface area contributed by atoms with Crippen LogP contribution in [0.5, 0.6) is 0 Å². The summed E-state index contributed by atoms with van der Waals surface area (Å²) in [6.07, 6.45) is 0. The van der Waals surface area contributed by atoms with Crippen molar-refractivity contribution in [3.05, 3.63) is 57.5 Å². The van der Waals surface area contributed by atoms with Gasteiger partial charge in [-0.2, -0.15) is 0 Å². The molecule has 0 aliphatic carbocycles. The van der Waals surface area contributed by atoms with Crippen LogP contribution in [0.15, 0.2) is 51.4 Å². The second-order valence-electron chi connectivity index (χ2n) is 2.87. The minimum atomic E-state index is 0. The summed E-state index contributed by atoms with van der Waals surface area (Å²) in [5.41, 5.74) is 2.24. The van der Waals surface area contributed by atoms with Crippen LogP contribution < -0.4 is 18.9 Å². The molecule has 0 spiro atoms. The molecule has 0 heterocycles. The van der Waals surface area contributed by atoms with Gasteiger partial charge in [0.25, 0.3) is 0 Å². The SMILES string of the molecule is Brc1cccc(Br)c1-c1[c-]cccc1.[Li+]. The normalized spacial score (nSPS) is 9.47. The van der Waals surface area contributed by atoms with Crippen molar-refractivity contribution < 1.29 is 18.9 Å². The molecule has 0 aliphatic rings. The summed E-state index contributed by atoms with van der Waals surface area (Å²) in [5.74, 6) is 0. The van der Waals surface area contributed by atoms with Gasteiger partial charge in [0.2, 0.25) is 0 Å². The van der Waals surface area contributed by atoms with Crippen molar-refractivity contribution in [1.29, 1.82) is 0 Å². The van der Waals surface area contributed by atoms with Crippen LogP contribution >= 0.6 is 31.9 Å². The smallest absolute Gasteiger partial charge is 0.147 e. The van der Waals surface area contributed by atoms with E-state index in [2.05, 4.69) is 37.9 Å². The average molecular weight is 318 g/mol. The minimum absolute atomic E-state index is 0. The van der Waals surface area contributed by atoms with Crippen LogP contribution in [-0.4, -0.2) is 0 Å². The Morgan fingerprint density at radius 2 is 1.53 bits per heavy atom. The van der Waals surface area contributed by atoms with Crippen molar-refractivity contribution in [3.8, 4) is 11.1 Å². The molecule has 3 heteroatoms. The molecular formula is C12H7Br2Li. The van der Waals surface area contributed by atoms with E-state index in [0.29, 0.717) is 0 Å². The number of hydrogen-bond donors (Lipinski definition) is 0. The zero-order chi connectivity index (χ0) is 9.97. The number of halogens is 2. The van der Waals surface area contributed by atoms with Crippen LogP contribution in [0.2, 0.25) is 0 Å². The van der Waals surface area contributed by atoms with Gasteiger partial charge < -0.3 is 0 Å². The van der Waals surface area contributed by atoms with Crippen molar-refractivity contribution in [2.45, 2.75) is 0 Å². The Kier molecular flexibility index (Phi) is 5.15. The summed E-state index contributed by atoms with van der Waals surface area (Å²) in [6, 6.07) is 17.2. The van der Waals surface area contributed by atoms with E-state index in [1.54, 1.807) is 0 Å². The summed E-state index contributed by atoms with van der Waals surface area (Å²) in [6.45, 7) is 0. The van der Waals surface area contributed by atoms with E-state index in [1.165, 1.54) is 0 Å². The average Bonchev–Trinajstić information content (AvgIpc) is 2.19. The van der Waals surface area contributed by atoms with Crippen LogP contribution in [0.25, 0.3) is 11.1 Å². The summed E-state index contributed by atoms with van der Waals surface area (Å²) in [5, 5.41) is 0. The second-order valence-corrected chi connectivity index (χ2v) is 4.58. The van der Waals surface area contributed by atoms with Crippen LogP contribution in [0, 0.1) is 6.07 Å². The first kappa shape index (κ1) is 13.1. The molecule has 0 N–H and O–H groups in total. The molecule has 70 valence electrons. The molecule has 0 amide bonds. The van der Waals surface area contributed by atoms with Gasteiger partial charge >= 0.3 is 18.9 Å². The predicted octanol–water partition coefficient (Wildman–Crippen LogP) is 1.68. The van der Waals surface area contributed by atoms with Crippen LogP contribution in [-0.2, 0) is 0 Å². The fraction of sp³-hybridized carbons (Fsp3) is 0. The van der Waals surface area contributed by atoms with Crippen molar-refractivity contribution in [3.63, 3.8) is 0 Å². The zero-order valence-corrected chi connectivity index (χ0v) is 11.5. The molecule has 0 fully saturated rings. The Morgan fingerprint density at radius 3 is 2.07 bits per heavy atom. The number of benzene rings is 2. The van der Waals surface area contributed by atoms with Crippen molar-refractivity contribution >= 4 is 31.9 Å². The van der Waals surface area contributed by atoms with Gasteiger partial charge in [-0.05, 0) is 8.95 Å². The van der Waals surface area contributed by atoms with E-state index in [9.17, 15) is 0 Å². The van der Waals surface area contributed by atoms with Gasteiger partial charge in [0.1, 0.15) is 0 Å². The van der Waals surface area contributed by atoms with E-state index >= 15 is 0 Å². The fourth-order valence-corrected chi connectivity index (χ4v) is 2.73. The van der Waals surface area contributed by atoms with Crippen molar-refractivity contribution in [1.82, 2.24) is 0 Å². The molecule has 0 bridgehead atoms. The van der Waals surface area contributed by atoms with Crippen molar-refractivity contribution in [2.24, 2.45) is 0 Å². The molecule has 0 aromatic heterocycles. The predicted molar refractivity (Wildman–Crippen MR) is 66.1 cm³/mol. The molecule has 2 rings (SSSR count).